The fourth-order valence-corrected chi connectivity index (χ4v) is 3.76. The molecule has 24 heavy (non-hydrogen) atoms. The second-order valence-corrected chi connectivity index (χ2v) is 6.77. The van der Waals surface area contributed by atoms with Crippen LogP contribution < -0.4 is 0 Å². The number of ether oxygens (including phenoxy) is 1. The summed E-state index contributed by atoms with van der Waals surface area (Å²) in [4.78, 5) is 17.4. The molecule has 0 N–H and O–H groups in total. The van der Waals surface area contributed by atoms with E-state index in [9.17, 15) is 4.79 Å². The molecule has 2 aromatic rings. The van der Waals surface area contributed by atoms with Crippen LogP contribution in [0.25, 0.3) is 5.52 Å². The number of aromatic nitrogens is 2. The highest BCUT2D eigenvalue weighted by atomic mass is 16.5. The Bertz CT molecular complexity index is 728. The summed E-state index contributed by atoms with van der Waals surface area (Å²) in [5.41, 5.74) is 2.72. The lowest BCUT2D eigenvalue weighted by Gasteiger charge is -2.40. The van der Waals surface area contributed by atoms with E-state index < -0.39 is 0 Å². The largest absolute Gasteiger partial charge is 0.381 e. The van der Waals surface area contributed by atoms with E-state index in [1.54, 1.807) is 10.7 Å². The van der Waals surface area contributed by atoms with Gasteiger partial charge in [0.05, 0.1) is 17.3 Å². The lowest BCUT2D eigenvalue weighted by Crippen LogP contribution is -2.53. The molecule has 6 heteroatoms. The summed E-state index contributed by atoms with van der Waals surface area (Å²) >= 11 is 0. The molecule has 4 heterocycles. The molecule has 0 bridgehead atoms. The average molecular weight is 328 g/mol. The quantitative estimate of drug-likeness (QED) is 0.840. The Morgan fingerprint density at radius 2 is 1.92 bits per heavy atom. The first-order valence-corrected chi connectivity index (χ1v) is 8.77. The molecule has 1 amide bonds. The van der Waals surface area contributed by atoms with Gasteiger partial charge < -0.3 is 9.64 Å². The zero-order valence-electron chi connectivity index (χ0n) is 14.1. The fourth-order valence-electron chi connectivity index (χ4n) is 3.76. The monoisotopic (exact) mass is 328 g/mol. The van der Waals surface area contributed by atoms with Gasteiger partial charge in [-0.15, -0.1) is 0 Å². The smallest absolute Gasteiger partial charge is 0.257 e. The van der Waals surface area contributed by atoms with E-state index in [1.807, 2.05) is 30.2 Å². The number of piperazine rings is 1. The predicted molar refractivity (Wildman–Crippen MR) is 91.2 cm³/mol. The number of pyridine rings is 1. The summed E-state index contributed by atoms with van der Waals surface area (Å²) in [7, 11) is 0. The van der Waals surface area contributed by atoms with E-state index in [4.69, 9.17) is 4.74 Å². The summed E-state index contributed by atoms with van der Waals surface area (Å²) in [6.07, 6.45) is 5.87. The first kappa shape index (κ1) is 15.6. The van der Waals surface area contributed by atoms with Gasteiger partial charge in [0.1, 0.15) is 0 Å². The van der Waals surface area contributed by atoms with Crippen LogP contribution in [0.15, 0.2) is 24.5 Å². The Hall–Kier alpha value is -1.92. The Labute approximate surface area is 142 Å². The summed E-state index contributed by atoms with van der Waals surface area (Å²) in [6, 6.07) is 4.63. The van der Waals surface area contributed by atoms with E-state index in [0.29, 0.717) is 11.6 Å². The minimum atomic E-state index is 0.0977. The van der Waals surface area contributed by atoms with Crippen LogP contribution >= 0.6 is 0 Å². The zero-order valence-corrected chi connectivity index (χ0v) is 14.1. The van der Waals surface area contributed by atoms with Gasteiger partial charge in [0.25, 0.3) is 5.91 Å². The van der Waals surface area contributed by atoms with Crippen molar-refractivity contribution in [2.45, 2.75) is 25.8 Å². The van der Waals surface area contributed by atoms with Crippen molar-refractivity contribution in [3.8, 4) is 0 Å². The van der Waals surface area contributed by atoms with Gasteiger partial charge in [0, 0.05) is 51.6 Å². The molecule has 128 valence electrons. The molecule has 0 saturated carbocycles. The standard InChI is InChI=1S/C18H24N4O2/c1-14-2-3-17-16(12-19-22(17)13-14)18(23)21-8-6-20(7-9-21)15-4-10-24-11-5-15/h2-3,12-13,15H,4-11H2,1H3. The summed E-state index contributed by atoms with van der Waals surface area (Å²) < 4.78 is 7.24. The van der Waals surface area contributed by atoms with Crippen molar-refractivity contribution in [1.29, 1.82) is 0 Å². The lowest BCUT2D eigenvalue weighted by atomic mass is 10.1. The maximum atomic E-state index is 12.9. The number of carbonyl (C=O) groups is 1. The minimum Gasteiger partial charge on any atom is -0.381 e. The van der Waals surface area contributed by atoms with Gasteiger partial charge in [-0.3, -0.25) is 9.69 Å². The SMILES string of the molecule is Cc1ccc2c(C(=O)N3CCN(C4CCOCC4)CC3)cnn2c1. The third kappa shape index (κ3) is 2.91. The second-order valence-electron chi connectivity index (χ2n) is 6.77. The molecule has 2 aromatic heterocycles. The third-order valence-corrected chi connectivity index (χ3v) is 5.20. The number of hydrogen-bond donors (Lipinski definition) is 0. The highest BCUT2D eigenvalue weighted by Gasteiger charge is 2.28. The minimum absolute atomic E-state index is 0.0977. The molecule has 6 nitrogen and oxygen atoms in total. The summed E-state index contributed by atoms with van der Waals surface area (Å²) in [5, 5.41) is 4.33. The number of amides is 1. The fraction of sp³-hybridized carbons (Fsp3) is 0.556. The van der Waals surface area contributed by atoms with Gasteiger partial charge in [-0.2, -0.15) is 5.10 Å². The highest BCUT2D eigenvalue weighted by molar-refractivity contribution is 6.00. The van der Waals surface area contributed by atoms with E-state index in [-0.39, 0.29) is 5.91 Å². The van der Waals surface area contributed by atoms with Crippen LogP contribution in [0.5, 0.6) is 0 Å². The normalized spacial score (nSPS) is 20.6. The van der Waals surface area contributed by atoms with Crippen molar-refractivity contribution in [2.24, 2.45) is 0 Å². The van der Waals surface area contributed by atoms with Gasteiger partial charge in [-0.25, -0.2) is 4.52 Å². The van der Waals surface area contributed by atoms with Gasteiger partial charge in [0.2, 0.25) is 0 Å². The summed E-state index contributed by atoms with van der Waals surface area (Å²) in [6.45, 7) is 7.25. The predicted octanol–water partition coefficient (Wildman–Crippen LogP) is 1.58. The lowest BCUT2D eigenvalue weighted by molar-refractivity contribution is 0.0138. The van der Waals surface area contributed by atoms with Crippen molar-refractivity contribution in [1.82, 2.24) is 19.4 Å². The van der Waals surface area contributed by atoms with Gasteiger partial charge >= 0.3 is 0 Å². The van der Waals surface area contributed by atoms with Gasteiger partial charge in [0.15, 0.2) is 0 Å². The molecule has 0 radical (unpaired) electrons. The summed E-state index contributed by atoms with van der Waals surface area (Å²) in [5.74, 6) is 0.0977. The second kappa shape index (κ2) is 6.53. The van der Waals surface area contributed by atoms with Crippen LogP contribution in [0.2, 0.25) is 0 Å². The van der Waals surface area contributed by atoms with Gasteiger partial charge in [-0.1, -0.05) is 6.07 Å². The first-order chi connectivity index (χ1) is 11.7. The van der Waals surface area contributed by atoms with Crippen LogP contribution in [0, 0.1) is 6.92 Å². The maximum Gasteiger partial charge on any atom is 0.257 e. The first-order valence-electron chi connectivity index (χ1n) is 8.77. The van der Waals surface area contributed by atoms with E-state index in [1.165, 1.54) is 0 Å². The van der Waals surface area contributed by atoms with E-state index >= 15 is 0 Å². The Balaban J connectivity index is 1.44. The molecular weight excluding hydrogens is 304 g/mol. The van der Waals surface area contributed by atoms with Gasteiger partial charge in [-0.05, 0) is 31.4 Å². The topological polar surface area (TPSA) is 50.1 Å². The van der Waals surface area contributed by atoms with Crippen molar-refractivity contribution >= 4 is 11.4 Å². The zero-order chi connectivity index (χ0) is 16.5. The van der Waals surface area contributed by atoms with Crippen LogP contribution in [0.3, 0.4) is 0 Å². The van der Waals surface area contributed by atoms with Crippen LogP contribution in [-0.2, 0) is 4.74 Å². The van der Waals surface area contributed by atoms with Crippen molar-refractivity contribution in [3.63, 3.8) is 0 Å². The molecule has 2 aliphatic rings. The van der Waals surface area contributed by atoms with Crippen molar-refractivity contribution in [2.75, 3.05) is 39.4 Å². The maximum absolute atomic E-state index is 12.9. The van der Waals surface area contributed by atoms with E-state index in [2.05, 4.69) is 10.00 Å². The number of fused-ring (bicyclic) bond motifs is 1. The van der Waals surface area contributed by atoms with Crippen molar-refractivity contribution < 1.29 is 9.53 Å². The molecule has 0 aliphatic carbocycles. The number of rotatable bonds is 2. The highest BCUT2D eigenvalue weighted by Crippen LogP contribution is 2.19. The number of carbonyl (C=O) groups excluding carboxylic acids is 1. The number of hydrogen-bond acceptors (Lipinski definition) is 4. The van der Waals surface area contributed by atoms with Crippen LogP contribution in [0.4, 0.5) is 0 Å². The van der Waals surface area contributed by atoms with E-state index in [0.717, 1.165) is 63.3 Å². The molecule has 2 saturated heterocycles. The van der Waals surface area contributed by atoms with Crippen molar-refractivity contribution in [3.05, 3.63) is 35.7 Å². The molecule has 0 spiro atoms. The Morgan fingerprint density at radius 3 is 2.67 bits per heavy atom. The Morgan fingerprint density at radius 1 is 1.17 bits per heavy atom. The number of aryl methyl sites for hydroxylation is 1. The Kier molecular flexibility index (Phi) is 4.24. The molecule has 2 aliphatic heterocycles. The molecule has 2 fully saturated rings. The van der Waals surface area contributed by atoms with Crippen LogP contribution in [0.1, 0.15) is 28.8 Å². The molecule has 0 aromatic carbocycles. The third-order valence-electron chi connectivity index (χ3n) is 5.20. The molecular formula is C18H24N4O2. The van der Waals surface area contributed by atoms with Crippen LogP contribution in [-0.4, -0.2) is 70.8 Å². The molecule has 4 rings (SSSR count). The molecule has 0 atom stereocenters. The molecule has 0 unspecified atom stereocenters. The number of nitrogens with zero attached hydrogens (tertiary/aromatic N) is 4. The average Bonchev–Trinajstić information content (AvgIpc) is 3.05.